The second kappa shape index (κ2) is 7.61. The van der Waals surface area contributed by atoms with Crippen LogP contribution in [0.4, 0.5) is 24.8 Å². The highest BCUT2D eigenvalue weighted by molar-refractivity contribution is 5.84. The monoisotopic (exact) mass is 469 g/mol. The molecule has 0 aliphatic heterocycles. The third-order valence-electron chi connectivity index (χ3n) is 5.65. The number of alkyl halides is 3. The van der Waals surface area contributed by atoms with Crippen molar-refractivity contribution in [1.82, 2.24) is 28.7 Å². The van der Waals surface area contributed by atoms with Crippen molar-refractivity contribution in [3.05, 3.63) is 80.9 Å². The minimum absolute atomic E-state index is 0.0275. The molecule has 0 spiro atoms. The van der Waals surface area contributed by atoms with Gasteiger partial charge in [0.15, 0.2) is 11.2 Å². The van der Waals surface area contributed by atoms with E-state index in [0.29, 0.717) is 17.3 Å². The number of nitrogens with zero attached hydrogens (tertiary/aromatic N) is 5. The number of aromatic amines is 1. The van der Waals surface area contributed by atoms with Crippen LogP contribution < -0.4 is 16.6 Å². The molecule has 5 aromatic rings. The summed E-state index contributed by atoms with van der Waals surface area (Å²) in [7, 11) is 3.12. The van der Waals surface area contributed by atoms with Gasteiger partial charge in [-0.25, -0.2) is 4.79 Å². The van der Waals surface area contributed by atoms with Crippen LogP contribution in [0.3, 0.4) is 0 Å². The maximum Gasteiger partial charge on any atom is 0.417 e. The maximum atomic E-state index is 13.4. The van der Waals surface area contributed by atoms with E-state index in [1.54, 1.807) is 31.6 Å². The Morgan fingerprint density at radius 2 is 1.79 bits per heavy atom. The van der Waals surface area contributed by atoms with Crippen LogP contribution in [0.5, 0.6) is 0 Å². The summed E-state index contributed by atoms with van der Waals surface area (Å²) in [5.74, 6) is 0.339. The van der Waals surface area contributed by atoms with Crippen LogP contribution in [0.25, 0.3) is 22.1 Å². The second-order valence-electron chi connectivity index (χ2n) is 7.82. The molecule has 0 unspecified atom stereocenters. The lowest BCUT2D eigenvalue weighted by Gasteiger charge is -2.08. The molecular weight excluding hydrogens is 451 g/mol. The first-order chi connectivity index (χ1) is 16.1. The molecule has 0 amide bonds. The van der Waals surface area contributed by atoms with Crippen LogP contribution in [0.1, 0.15) is 11.3 Å². The number of H-pyrrole nitrogens is 1. The van der Waals surface area contributed by atoms with Crippen molar-refractivity contribution in [1.29, 1.82) is 0 Å². The molecule has 174 valence electrons. The van der Waals surface area contributed by atoms with Gasteiger partial charge in [-0.2, -0.15) is 18.2 Å². The molecule has 2 N–H and O–H groups in total. The summed E-state index contributed by atoms with van der Waals surface area (Å²) in [6, 6.07) is 8.56. The van der Waals surface area contributed by atoms with E-state index in [1.165, 1.54) is 34.4 Å². The molecule has 0 atom stereocenters. The summed E-state index contributed by atoms with van der Waals surface area (Å²) in [6.45, 7) is -0.230. The lowest BCUT2D eigenvalue weighted by molar-refractivity contribution is -0.136. The van der Waals surface area contributed by atoms with Crippen LogP contribution in [0, 0.1) is 0 Å². The molecule has 5 rings (SSSR count). The van der Waals surface area contributed by atoms with Gasteiger partial charge in [-0.1, -0.05) is 6.07 Å². The van der Waals surface area contributed by atoms with Crippen molar-refractivity contribution in [2.75, 3.05) is 5.32 Å². The van der Waals surface area contributed by atoms with Crippen molar-refractivity contribution < 1.29 is 13.2 Å². The Hall–Kier alpha value is -4.35. The van der Waals surface area contributed by atoms with E-state index >= 15 is 0 Å². The van der Waals surface area contributed by atoms with E-state index in [1.807, 2.05) is 0 Å². The molecule has 4 aromatic heterocycles. The van der Waals surface area contributed by atoms with Gasteiger partial charge in [0.2, 0.25) is 5.95 Å². The molecule has 34 heavy (non-hydrogen) atoms. The van der Waals surface area contributed by atoms with Crippen LogP contribution in [0.15, 0.2) is 58.4 Å². The first kappa shape index (κ1) is 21.5. The van der Waals surface area contributed by atoms with E-state index in [4.69, 9.17) is 0 Å². The predicted molar refractivity (Wildman–Crippen MR) is 120 cm³/mol. The summed E-state index contributed by atoms with van der Waals surface area (Å²) < 4.78 is 43.8. The van der Waals surface area contributed by atoms with Crippen molar-refractivity contribution in [3.8, 4) is 0 Å². The topological polar surface area (TPSA) is 103 Å². The van der Waals surface area contributed by atoms with Crippen LogP contribution >= 0.6 is 0 Å². The van der Waals surface area contributed by atoms with Gasteiger partial charge in [0.1, 0.15) is 0 Å². The number of pyridine rings is 1. The number of rotatable bonds is 4. The van der Waals surface area contributed by atoms with E-state index in [0.717, 1.165) is 10.6 Å². The van der Waals surface area contributed by atoms with Crippen molar-refractivity contribution in [2.24, 2.45) is 14.1 Å². The molecule has 0 bridgehead atoms. The number of hydrogen-bond acceptors (Lipinski definition) is 5. The van der Waals surface area contributed by atoms with Crippen LogP contribution in [-0.4, -0.2) is 28.7 Å². The highest BCUT2D eigenvalue weighted by Gasteiger charge is 2.32. The molecule has 0 saturated carbocycles. The van der Waals surface area contributed by atoms with Crippen molar-refractivity contribution in [2.45, 2.75) is 12.7 Å². The van der Waals surface area contributed by atoms with E-state index in [9.17, 15) is 22.8 Å². The van der Waals surface area contributed by atoms with Gasteiger partial charge < -0.3 is 14.9 Å². The summed E-state index contributed by atoms with van der Waals surface area (Å²) in [6.07, 6.45) is -1.34. The molecular formula is C22H18F3N7O2. The van der Waals surface area contributed by atoms with Crippen LogP contribution in [-0.2, 0) is 26.8 Å². The molecule has 0 radical (unpaired) electrons. The van der Waals surface area contributed by atoms with E-state index < -0.39 is 23.0 Å². The number of anilines is 2. The fourth-order valence-corrected chi connectivity index (χ4v) is 3.97. The quantitative estimate of drug-likeness (QED) is 0.421. The molecule has 9 nitrogen and oxygen atoms in total. The molecule has 0 fully saturated rings. The van der Waals surface area contributed by atoms with Gasteiger partial charge in [0.25, 0.3) is 5.56 Å². The highest BCUT2D eigenvalue weighted by Crippen LogP contribution is 2.35. The Kier molecular flexibility index (Phi) is 4.81. The van der Waals surface area contributed by atoms with E-state index in [-0.39, 0.29) is 28.6 Å². The Morgan fingerprint density at radius 3 is 2.50 bits per heavy atom. The molecule has 0 saturated heterocycles. The third kappa shape index (κ3) is 3.43. The van der Waals surface area contributed by atoms with Crippen LogP contribution in [0.2, 0.25) is 0 Å². The molecule has 0 aliphatic rings. The Labute approximate surface area is 189 Å². The normalized spacial score (nSPS) is 12.0. The SMILES string of the molecule is Cn1c(Nc2ccncc2)nc2c1c(=O)n(Cc1cc3c(C(F)(F)F)cccc3[nH]1)c(=O)n2C. The average molecular weight is 469 g/mol. The molecule has 0 aliphatic carbocycles. The minimum atomic E-state index is -4.53. The fourth-order valence-electron chi connectivity index (χ4n) is 3.97. The summed E-state index contributed by atoms with van der Waals surface area (Å²) in [5.41, 5.74) is -0.431. The highest BCUT2D eigenvalue weighted by atomic mass is 19.4. The predicted octanol–water partition coefficient (Wildman–Crippen LogP) is 3.12. The number of benzene rings is 1. The number of halogens is 3. The number of aryl methyl sites for hydroxylation is 2. The first-order valence-electron chi connectivity index (χ1n) is 10.2. The summed E-state index contributed by atoms with van der Waals surface area (Å²) in [4.78, 5) is 37.5. The number of fused-ring (bicyclic) bond motifs is 2. The lowest BCUT2D eigenvalue weighted by atomic mass is 10.1. The smallest absolute Gasteiger partial charge is 0.357 e. The number of hydrogen-bond donors (Lipinski definition) is 2. The standard InChI is InChI=1S/C22H18F3N7O2/c1-30-17-18(29-20(30)28-12-6-8-26-9-7-12)31(2)21(34)32(19(17)33)11-13-10-14-15(22(23,24)25)4-3-5-16(14)27-13/h3-10,27H,11H2,1-2H3,(H,26,28,29). The molecule has 12 heteroatoms. The van der Waals surface area contributed by atoms with Crippen molar-refractivity contribution in [3.63, 3.8) is 0 Å². The first-order valence-corrected chi connectivity index (χ1v) is 10.2. The van der Waals surface area contributed by atoms with Gasteiger partial charge >= 0.3 is 11.9 Å². The summed E-state index contributed by atoms with van der Waals surface area (Å²) >= 11 is 0. The zero-order valence-corrected chi connectivity index (χ0v) is 18.0. The third-order valence-corrected chi connectivity index (χ3v) is 5.65. The van der Waals surface area contributed by atoms with Gasteiger partial charge in [-0.05, 0) is 30.3 Å². The maximum absolute atomic E-state index is 13.4. The lowest BCUT2D eigenvalue weighted by Crippen LogP contribution is -2.39. The number of aromatic nitrogens is 6. The largest absolute Gasteiger partial charge is 0.417 e. The van der Waals surface area contributed by atoms with Gasteiger partial charge in [-0.15, -0.1) is 0 Å². The Morgan fingerprint density at radius 1 is 1.06 bits per heavy atom. The fraction of sp³-hybridized carbons (Fsp3) is 0.182. The van der Waals surface area contributed by atoms with Gasteiger partial charge in [0.05, 0.1) is 12.1 Å². The molecule has 4 heterocycles. The van der Waals surface area contributed by atoms with E-state index in [2.05, 4.69) is 20.3 Å². The summed E-state index contributed by atoms with van der Waals surface area (Å²) in [5, 5.41) is 3.05. The van der Waals surface area contributed by atoms with Gasteiger partial charge in [-0.3, -0.25) is 18.9 Å². The second-order valence-corrected chi connectivity index (χ2v) is 7.82. The zero-order valence-electron chi connectivity index (χ0n) is 18.0. The Balaban J connectivity index is 1.62. The minimum Gasteiger partial charge on any atom is -0.357 e. The zero-order chi connectivity index (χ0) is 24.2. The van der Waals surface area contributed by atoms with Crippen molar-refractivity contribution >= 4 is 33.7 Å². The number of nitrogens with one attached hydrogen (secondary N) is 2. The average Bonchev–Trinajstić information content (AvgIpc) is 3.36. The Bertz CT molecular complexity index is 1660. The molecule has 1 aromatic carbocycles. The van der Waals surface area contributed by atoms with Gasteiger partial charge in [0, 0.05) is 48.8 Å². The number of imidazole rings is 1.